The number of nitrogens with one attached hydrogen (secondary N) is 1. The van der Waals surface area contributed by atoms with Gasteiger partial charge in [0.25, 0.3) is 11.5 Å². The Bertz CT molecular complexity index is 745. The van der Waals surface area contributed by atoms with Crippen molar-refractivity contribution in [1.29, 1.82) is 0 Å². The molecule has 2 aromatic rings. The van der Waals surface area contributed by atoms with Gasteiger partial charge in [-0.15, -0.1) is 11.3 Å². The second kappa shape index (κ2) is 5.30. The number of aryl methyl sites for hydroxylation is 2. The molecule has 1 amide bonds. The van der Waals surface area contributed by atoms with Gasteiger partial charge >= 0.3 is 5.97 Å². The Balaban J connectivity index is 2.23. The summed E-state index contributed by atoms with van der Waals surface area (Å²) in [5.41, 5.74) is 0.532. The van der Waals surface area contributed by atoms with Gasteiger partial charge in [-0.05, 0) is 24.6 Å². The van der Waals surface area contributed by atoms with Crippen LogP contribution in [0, 0.1) is 6.92 Å². The van der Waals surface area contributed by atoms with Gasteiger partial charge in [0.1, 0.15) is 4.88 Å². The molecule has 2 aromatic heterocycles. The monoisotopic (exact) mass is 292 g/mol. The van der Waals surface area contributed by atoms with Gasteiger partial charge in [-0.3, -0.25) is 9.59 Å². The van der Waals surface area contributed by atoms with Crippen LogP contribution in [0.3, 0.4) is 0 Å². The van der Waals surface area contributed by atoms with Gasteiger partial charge < -0.3 is 15.0 Å². The average molecular weight is 292 g/mol. The van der Waals surface area contributed by atoms with Crippen molar-refractivity contribution in [3.63, 3.8) is 0 Å². The van der Waals surface area contributed by atoms with Crippen molar-refractivity contribution in [3.8, 4) is 0 Å². The minimum atomic E-state index is -1.03. The highest BCUT2D eigenvalue weighted by atomic mass is 32.1. The number of rotatable bonds is 3. The Morgan fingerprint density at radius 3 is 2.60 bits per heavy atom. The molecule has 0 fully saturated rings. The summed E-state index contributed by atoms with van der Waals surface area (Å²) in [7, 11) is 1.59. The molecule has 2 rings (SSSR count). The van der Waals surface area contributed by atoms with Gasteiger partial charge in [-0.25, -0.2) is 4.79 Å². The third-order valence-electron chi connectivity index (χ3n) is 2.72. The molecular formula is C13H12N2O4S. The van der Waals surface area contributed by atoms with Crippen LogP contribution in [0.1, 0.15) is 25.6 Å². The maximum absolute atomic E-state index is 12.0. The second-order valence-corrected chi connectivity index (χ2v) is 5.30. The van der Waals surface area contributed by atoms with E-state index < -0.39 is 11.9 Å². The van der Waals surface area contributed by atoms with E-state index in [0.29, 0.717) is 10.6 Å². The number of carbonyl (C=O) groups is 2. The van der Waals surface area contributed by atoms with E-state index in [1.807, 2.05) is 0 Å². The fourth-order valence-corrected chi connectivity index (χ4v) is 2.54. The zero-order valence-corrected chi connectivity index (χ0v) is 11.7. The van der Waals surface area contributed by atoms with Crippen LogP contribution in [0.2, 0.25) is 0 Å². The van der Waals surface area contributed by atoms with Gasteiger partial charge in [0.2, 0.25) is 0 Å². The summed E-state index contributed by atoms with van der Waals surface area (Å²) in [5, 5.41) is 12.0. The van der Waals surface area contributed by atoms with Crippen LogP contribution >= 0.6 is 11.3 Å². The molecule has 0 saturated carbocycles. The Labute approximate surface area is 118 Å². The molecular weight excluding hydrogens is 280 g/mol. The Hall–Kier alpha value is -2.41. The zero-order chi connectivity index (χ0) is 14.9. The summed E-state index contributed by atoms with van der Waals surface area (Å²) in [4.78, 5) is 34.5. The number of carbonyl (C=O) groups excluding carboxylic acids is 1. The molecule has 0 radical (unpaired) electrons. The first-order valence-corrected chi connectivity index (χ1v) is 6.52. The van der Waals surface area contributed by atoms with Crippen LogP contribution in [-0.2, 0) is 7.05 Å². The molecule has 20 heavy (non-hydrogen) atoms. The lowest BCUT2D eigenvalue weighted by molar-refractivity contribution is 0.0701. The Morgan fingerprint density at radius 2 is 2.05 bits per heavy atom. The maximum Gasteiger partial charge on any atom is 0.346 e. The number of carboxylic acid groups (broad SMARTS) is 1. The van der Waals surface area contributed by atoms with Crippen LogP contribution in [0.5, 0.6) is 0 Å². The molecule has 2 heterocycles. The summed E-state index contributed by atoms with van der Waals surface area (Å²) in [6, 6.07) is 4.34. The van der Waals surface area contributed by atoms with Crippen molar-refractivity contribution >= 4 is 28.2 Å². The molecule has 7 heteroatoms. The number of pyridine rings is 1. The normalized spacial score (nSPS) is 10.3. The molecule has 0 spiro atoms. The number of carboxylic acids is 1. The van der Waals surface area contributed by atoms with Crippen LogP contribution in [0.4, 0.5) is 5.00 Å². The van der Waals surface area contributed by atoms with E-state index in [2.05, 4.69) is 5.32 Å². The van der Waals surface area contributed by atoms with E-state index in [1.54, 1.807) is 20.0 Å². The molecule has 0 aliphatic rings. The number of hydrogen-bond acceptors (Lipinski definition) is 4. The largest absolute Gasteiger partial charge is 0.477 e. The predicted octanol–water partition coefficient (Wildman–Crippen LogP) is 1.71. The summed E-state index contributed by atoms with van der Waals surface area (Å²) < 4.78 is 1.36. The maximum atomic E-state index is 12.0. The quantitative estimate of drug-likeness (QED) is 0.901. The van der Waals surface area contributed by atoms with Crippen molar-refractivity contribution in [2.75, 3.05) is 5.32 Å². The highest BCUT2D eigenvalue weighted by Crippen LogP contribution is 2.26. The van der Waals surface area contributed by atoms with Crippen molar-refractivity contribution < 1.29 is 14.7 Å². The standard InChI is InChI=1S/C13H12N2O4S/c1-7-5-9(20-11(7)13(18)19)14-12(17)8-3-4-15(2)10(16)6-8/h3-6H,1-2H3,(H,14,17)(H,18,19). The lowest BCUT2D eigenvalue weighted by Gasteiger charge is -2.03. The summed E-state index contributed by atoms with van der Waals surface area (Å²) in [5.74, 6) is -1.47. The van der Waals surface area contributed by atoms with Gasteiger partial charge in [-0.1, -0.05) is 0 Å². The van der Waals surface area contributed by atoms with E-state index in [-0.39, 0.29) is 16.0 Å². The Morgan fingerprint density at radius 1 is 1.35 bits per heavy atom. The van der Waals surface area contributed by atoms with Crippen molar-refractivity contribution in [2.24, 2.45) is 7.05 Å². The first-order valence-electron chi connectivity index (χ1n) is 5.70. The van der Waals surface area contributed by atoms with Gasteiger partial charge in [0.15, 0.2) is 0 Å². The molecule has 6 nitrogen and oxygen atoms in total. The minimum absolute atomic E-state index is 0.185. The number of thiophene rings is 1. The van der Waals surface area contributed by atoms with Gasteiger partial charge in [-0.2, -0.15) is 0 Å². The highest BCUT2D eigenvalue weighted by molar-refractivity contribution is 7.18. The molecule has 0 saturated heterocycles. The molecule has 0 unspecified atom stereocenters. The van der Waals surface area contributed by atoms with E-state index in [1.165, 1.54) is 22.9 Å². The third kappa shape index (κ3) is 2.77. The summed E-state index contributed by atoms with van der Waals surface area (Å²) in [6.45, 7) is 1.66. The lowest BCUT2D eigenvalue weighted by Crippen LogP contribution is -2.19. The smallest absolute Gasteiger partial charge is 0.346 e. The number of amides is 1. The molecule has 2 N–H and O–H groups in total. The van der Waals surface area contributed by atoms with Crippen LogP contribution in [0.15, 0.2) is 29.2 Å². The molecule has 0 aliphatic heterocycles. The predicted molar refractivity (Wildman–Crippen MR) is 75.7 cm³/mol. The molecule has 0 bridgehead atoms. The summed E-state index contributed by atoms with van der Waals surface area (Å²) in [6.07, 6.45) is 1.50. The third-order valence-corrected chi connectivity index (χ3v) is 3.86. The molecule has 0 aliphatic carbocycles. The number of hydrogen-bond donors (Lipinski definition) is 2. The summed E-state index contributed by atoms with van der Waals surface area (Å²) >= 11 is 0.983. The molecule has 0 atom stereocenters. The van der Waals surface area contributed by atoms with Crippen molar-refractivity contribution in [1.82, 2.24) is 4.57 Å². The van der Waals surface area contributed by atoms with E-state index in [0.717, 1.165) is 11.3 Å². The van der Waals surface area contributed by atoms with Crippen LogP contribution < -0.4 is 10.9 Å². The van der Waals surface area contributed by atoms with E-state index >= 15 is 0 Å². The van der Waals surface area contributed by atoms with Crippen molar-refractivity contribution in [2.45, 2.75) is 6.92 Å². The van der Waals surface area contributed by atoms with Crippen molar-refractivity contribution in [3.05, 3.63) is 50.8 Å². The Kier molecular flexibility index (Phi) is 3.71. The van der Waals surface area contributed by atoms with E-state index in [4.69, 9.17) is 5.11 Å². The fraction of sp³-hybridized carbons (Fsp3) is 0.154. The topological polar surface area (TPSA) is 88.4 Å². The number of aromatic nitrogens is 1. The van der Waals surface area contributed by atoms with E-state index in [9.17, 15) is 14.4 Å². The van der Waals surface area contributed by atoms with Gasteiger partial charge in [0, 0.05) is 24.9 Å². The minimum Gasteiger partial charge on any atom is -0.477 e. The molecule has 0 aromatic carbocycles. The average Bonchev–Trinajstić information content (AvgIpc) is 2.73. The lowest BCUT2D eigenvalue weighted by atomic mass is 10.2. The highest BCUT2D eigenvalue weighted by Gasteiger charge is 2.14. The SMILES string of the molecule is Cc1cc(NC(=O)c2ccn(C)c(=O)c2)sc1C(=O)O. The number of nitrogens with zero attached hydrogens (tertiary/aromatic N) is 1. The first-order chi connectivity index (χ1) is 9.38. The number of aromatic carboxylic acids is 1. The fourth-order valence-electron chi connectivity index (χ4n) is 1.63. The molecule has 104 valence electrons. The first kappa shape index (κ1) is 14.0. The van der Waals surface area contributed by atoms with Crippen LogP contribution in [0.25, 0.3) is 0 Å². The zero-order valence-electron chi connectivity index (χ0n) is 10.8. The second-order valence-electron chi connectivity index (χ2n) is 4.25. The van der Waals surface area contributed by atoms with Gasteiger partial charge in [0.05, 0.1) is 5.00 Å². The number of anilines is 1. The van der Waals surface area contributed by atoms with Crippen LogP contribution in [-0.4, -0.2) is 21.6 Å².